The highest BCUT2D eigenvalue weighted by Gasteiger charge is 2.17. The maximum Gasteiger partial charge on any atom is 0.293 e. The fourth-order valence-electron chi connectivity index (χ4n) is 3.09. The predicted molar refractivity (Wildman–Crippen MR) is 99.8 cm³/mol. The van der Waals surface area contributed by atoms with Crippen molar-refractivity contribution in [2.24, 2.45) is 0 Å². The molecule has 1 N–H and O–H groups in total. The van der Waals surface area contributed by atoms with Crippen molar-refractivity contribution >= 4 is 22.4 Å². The van der Waals surface area contributed by atoms with Crippen LogP contribution in [0.5, 0.6) is 0 Å². The van der Waals surface area contributed by atoms with Crippen molar-refractivity contribution in [1.82, 2.24) is 9.55 Å². The summed E-state index contributed by atoms with van der Waals surface area (Å²) in [7, 11) is 0. The fraction of sp³-hybridized carbons (Fsp3) is 0.316. The van der Waals surface area contributed by atoms with Crippen LogP contribution in [0.4, 0.5) is 5.13 Å². The van der Waals surface area contributed by atoms with Crippen molar-refractivity contribution in [2.75, 3.05) is 5.32 Å². The molecular formula is C19H19N3O3S. The number of aryl methyl sites for hydroxylation is 2. The van der Waals surface area contributed by atoms with Crippen LogP contribution in [0, 0.1) is 0 Å². The summed E-state index contributed by atoms with van der Waals surface area (Å²) < 4.78 is 7.13. The number of carbonyl (C=O) groups excluding carboxylic acids is 1. The molecule has 3 aromatic heterocycles. The van der Waals surface area contributed by atoms with Crippen LogP contribution >= 0.6 is 11.3 Å². The second kappa shape index (κ2) is 7.29. The molecule has 0 spiro atoms. The lowest BCUT2D eigenvalue weighted by Crippen LogP contribution is -2.18. The van der Waals surface area contributed by atoms with Gasteiger partial charge in [-0.05, 0) is 43.9 Å². The topological polar surface area (TPSA) is 77.1 Å². The summed E-state index contributed by atoms with van der Waals surface area (Å²) in [5, 5.41) is 3.45. The van der Waals surface area contributed by atoms with Gasteiger partial charge in [0.2, 0.25) is 0 Å². The number of anilines is 1. The van der Waals surface area contributed by atoms with E-state index in [1.54, 1.807) is 41.8 Å². The van der Waals surface area contributed by atoms with Gasteiger partial charge in [-0.2, -0.15) is 0 Å². The number of pyridine rings is 1. The van der Waals surface area contributed by atoms with E-state index < -0.39 is 0 Å². The second-order valence-corrected chi connectivity index (χ2v) is 7.42. The van der Waals surface area contributed by atoms with Crippen molar-refractivity contribution in [2.45, 2.75) is 38.6 Å². The molecule has 1 amide bonds. The zero-order chi connectivity index (χ0) is 17.9. The molecule has 134 valence electrons. The summed E-state index contributed by atoms with van der Waals surface area (Å²) in [6.07, 6.45) is 7.29. The van der Waals surface area contributed by atoms with Gasteiger partial charge in [0.15, 0.2) is 10.9 Å². The van der Waals surface area contributed by atoms with Crippen LogP contribution < -0.4 is 10.9 Å². The molecule has 0 saturated heterocycles. The molecule has 0 aliphatic heterocycles. The SMILES string of the molecule is O=C(Nc1nc2c(s1)CCCCC2)c1ccc(Cn2ccccc2=O)o1. The van der Waals surface area contributed by atoms with Gasteiger partial charge in [-0.3, -0.25) is 14.9 Å². The summed E-state index contributed by atoms with van der Waals surface area (Å²) in [5.41, 5.74) is 1.01. The van der Waals surface area contributed by atoms with Crippen molar-refractivity contribution in [3.63, 3.8) is 0 Å². The zero-order valence-corrected chi connectivity index (χ0v) is 15.1. The van der Waals surface area contributed by atoms with Crippen LogP contribution in [0.1, 0.15) is 46.1 Å². The van der Waals surface area contributed by atoms with Crippen LogP contribution in [0.2, 0.25) is 0 Å². The van der Waals surface area contributed by atoms with Crippen molar-refractivity contribution in [3.8, 4) is 0 Å². The number of furan rings is 1. The molecule has 4 rings (SSSR count). The number of aromatic nitrogens is 2. The Kier molecular flexibility index (Phi) is 4.71. The van der Waals surface area contributed by atoms with E-state index in [0.717, 1.165) is 25.0 Å². The van der Waals surface area contributed by atoms with Crippen LogP contribution in [-0.2, 0) is 19.4 Å². The number of hydrogen-bond acceptors (Lipinski definition) is 5. The van der Waals surface area contributed by atoms with E-state index in [0.29, 0.717) is 17.4 Å². The Balaban J connectivity index is 1.45. The summed E-state index contributed by atoms with van der Waals surface area (Å²) in [6.45, 7) is 0.290. The third kappa shape index (κ3) is 3.62. The fourth-order valence-corrected chi connectivity index (χ4v) is 4.13. The van der Waals surface area contributed by atoms with Gasteiger partial charge in [0.25, 0.3) is 11.5 Å². The molecule has 0 unspecified atom stereocenters. The molecular weight excluding hydrogens is 350 g/mol. The van der Waals surface area contributed by atoms with Gasteiger partial charge in [0.05, 0.1) is 12.2 Å². The van der Waals surface area contributed by atoms with Gasteiger partial charge in [0, 0.05) is 17.1 Å². The van der Waals surface area contributed by atoms with E-state index >= 15 is 0 Å². The molecule has 1 aliphatic rings. The van der Waals surface area contributed by atoms with E-state index in [-0.39, 0.29) is 17.2 Å². The maximum atomic E-state index is 12.4. The Labute approximate surface area is 154 Å². The van der Waals surface area contributed by atoms with Gasteiger partial charge in [-0.1, -0.05) is 12.5 Å². The molecule has 0 atom stereocenters. The summed E-state index contributed by atoms with van der Waals surface area (Å²) in [6, 6.07) is 8.30. The van der Waals surface area contributed by atoms with Crippen LogP contribution in [0.3, 0.4) is 0 Å². The number of nitrogens with zero attached hydrogens (tertiary/aromatic N) is 2. The average molecular weight is 369 g/mol. The van der Waals surface area contributed by atoms with Crippen LogP contribution in [0.25, 0.3) is 0 Å². The number of thiazole rings is 1. The molecule has 3 heterocycles. The molecule has 7 heteroatoms. The van der Waals surface area contributed by atoms with Gasteiger partial charge >= 0.3 is 0 Å². The predicted octanol–water partition coefficient (Wildman–Crippen LogP) is 3.47. The minimum absolute atomic E-state index is 0.112. The van der Waals surface area contributed by atoms with E-state index in [1.807, 2.05) is 0 Å². The standard InChI is InChI=1S/C19H19N3O3S/c23-17-8-4-5-11-22(17)12-13-9-10-15(25-13)18(24)21-19-20-14-6-2-1-3-7-16(14)26-19/h4-5,8-11H,1-3,6-7,12H2,(H,20,21,24). The minimum Gasteiger partial charge on any atom is -0.454 e. The quantitative estimate of drug-likeness (QED) is 0.715. The molecule has 0 radical (unpaired) electrons. The van der Waals surface area contributed by atoms with Crippen molar-refractivity contribution in [1.29, 1.82) is 0 Å². The lowest BCUT2D eigenvalue weighted by Gasteiger charge is -2.02. The monoisotopic (exact) mass is 369 g/mol. The molecule has 1 aliphatic carbocycles. The summed E-state index contributed by atoms with van der Waals surface area (Å²) in [4.78, 5) is 30.0. The normalized spacial score (nSPS) is 13.8. The molecule has 0 aromatic carbocycles. The first kappa shape index (κ1) is 16.8. The second-order valence-electron chi connectivity index (χ2n) is 6.34. The molecule has 0 bridgehead atoms. The first-order valence-corrected chi connectivity index (χ1v) is 9.55. The highest BCUT2D eigenvalue weighted by Crippen LogP contribution is 2.29. The largest absolute Gasteiger partial charge is 0.454 e. The number of rotatable bonds is 4. The molecule has 26 heavy (non-hydrogen) atoms. The number of hydrogen-bond donors (Lipinski definition) is 1. The summed E-state index contributed by atoms with van der Waals surface area (Å²) in [5.74, 6) is 0.452. The van der Waals surface area contributed by atoms with Gasteiger partial charge < -0.3 is 8.98 Å². The van der Waals surface area contributed by atoms with Gasteiger partial charge in [-0.25, -0.2) is 4.98 Å². The van der Waals surface area contributed by atoms with Crippen LogP contribution in [0.15, 0.2) is 45.7 Å². The Hall–Kier alpha value is -2.67. The number of carbonyl (C=O) groups is 1. The van der Waals surface area contributed by atoms with Gasteiger partial charge in [0.1, 0.15) is 5.76 Å². The minimum atomic E-state index is -0.319. The zero-order valence-electron chi connectivity index (χ0n) is 14.2. The lowest BCUT2D eigenvalue weighted by molar-refractivity contribution is 0.0994. The first-order valence-electron chi connectivity index (χ1n) is 8.73. The van der Waals surface area contributed by atoms with E-state index in [4.69, 9.17) is 4.42 Å². The molecule has 0 fully saturated rings. The van der Waals surface area contributed by atoms with E-state index in [9.17, 15) is 9.59 Å². The Bertz CT molecular complexity index is 962. The number of amides is 1. The van der Waals surface area contributed by atoms with Crippen molar-refractivity contribution < 1.29 is 9.21 Å². The Morgan fingerprint density at radius 2 is 2.08 bits per heavy atom. The molecule has 0 saturated carbocycles. The van der Waals surface area contributed by atoms with Crippen molar-refractivity contribution in [3.05, 3.63) is 69.0 Å². The summed E-state index contributed by atoms with van der Waals surface area (Å²) >= 11 is 1.55. The molecule has 3 aromatic rings. The van der Waals surface area contributed by atoms with Gasteiger partial charge in [-0.15, -0.1) is 11.3 Å². The Morgan fingerprint density at radius 3 is 2.96 bits per heavy atom. The number of nitrogens with one attached hydrogen (secondary N) is 1. The lowest BCUT2D eigenvalue weighted by atomic mass is 10.2. The smallest absolute Gasteiger partial charge is 0.293 e. The third-order valence-corrected chi connectivity index (χ3v) is 5.50. The van der Waals surface area contributed by atoms with E-state index in [2.05, 4.69) is 10.3 Å². The first-order chi connectivity index (χ1) is 12.7. The highest BCUT2D eigenvalue weighted by atomic mass is 32.1. The highest BCUT2D eigenvalue weighted by molar-refractivity contribution is 7.15. The average Bonchev–Trinajstić information content (AvgIpc) is 3.19. The van der Waals surface area contributed by atoms with Crippen LogP contribution in [-0.4, -0.2) is 15.5 Å². The Morgan fingerprint density at radius 1 is 1.19 bits per heavy atom. The maximum absolute atomic E-state index is 12.4. The third-order valence-electron chi connectivity index (χ3n) is 4.43. The molecule has 6 nitrogen and oxygen atoms in total. The number of fused-ring (bicyclic) bond motifs is 1. The van der Waals surface area contributed by atoms with E-state index in [1.165, 1.54) is 28.4 Å².